The van der Waals surface area contributed by atoms with Gasteiger partial charge in [-0.15, -0.1) is 0 Å². The van der Waals surface area contributed by atoms with Gasteiger partial charge in [-0.1, -0.05) is 19.3 Å². The van der Waals surface area contributed by atoms with E-state index in [1.165, 1.54) is 32.1 Å². The molecule has 1 N–H and O–H groups in total. The highest BCUT2D eigenvalue weighted by atomic mass is 16.5. The van der Waals surface area contributed by atoms with E-state index in [1.54, 1.807) is 6.26 Å². The highest BCUT2D eigenvalue weighted by Crippen LogP contribution is 2.16. The lowest BCUT2D eigenvalue weighted by molar-refractivity contribution is 0.105. The smallest absolute Gasteiger partial charge is 0.129 e. The first-order valence-corrected chi connectivity index (χ1v) is 6.28. The van der Waals surface area contributed by atoms with E-state index in [1.807, 2.05) is 12.1 Å². The predicted molar refractivity (Wildman–Crippen MR) is 63.2 cm³/mol. The number of ether oxygens (including phenoxy) is 1. The Morgan fingerprint density at radius 2 is 2.19 bits per heavy atom. The third kappa shape index (κ3) is 3.99. The lowest BCUT2D eigenvalue weighted by Gasteiger charge is -2.22. The van der Waals surface area contributed by atoms with Crippen molar-refractivity contribution in [2.75, 3.05) is 13.2 Å². The van der Waals surface area contributed by atoms with Gasteiger partial charge in [0.1, 0.15) is 12.4 Å². The second kappa shape index (κ2) is 6.71. The molecule has 0 spiro atoms. The van der Waals surface area contributed by atoms with Crippen LogP contribution in [0, 0.1) is 0 Å². The minimum absolute atomic E-state index is 0.583. The summed E-state index contributed by atoms with van der Waals surface area (Å²) in [6, 6.07) is 4.55. The maximum absolute atomic E-state index is 5.51. The molecule has 0 saturated heterocycles. The summed E-state index contributed by atoms with van der Waals surface area (Å²) < 4.78 is 10.7. The molecule has 90 valence electrons. The van der Waals surface area contributed by atoms with Gasteiger partial charge in [0.05, 0.1) is 12.9 Å². The van der Waals surface area contributed by atoms with Gasteiger partial charge in [-0.2, -0.15) is 0 Å². The van der Waals surface area contributed by atoms with Crippen molar-refractivity contribution in [2.24, 2.45) is 0 Å². The van der Waals surface area contributed by atoms with E-state index in [-0.39, 0.29) is 0 Å². The summed E-state index contributed by atoms with van der Waals surface area (Å²) in [6.07, 6.45) is 8.51. The van der Waals surface area contributed by atoms with Crippen molar-refractivity contribution >= 4 is 0 Å². The zero-order chi connectivity index (χ0) is 11.1. The second-order valence-electron chi connectivity index (χ2n) is 4.42. The van der Waals surface area contributed by atoms with Gasteiger partial charge in [-0.25, -0.2) is 0 Å². The van der Waals surface area contributed by atoms with Gasteiger partial charge < -0.3 is 14.5 Å². The molecule has 0 radical (unpaired) electrons. The topological polar surface area (TPSA) is 34.4 Å². The fourth-order valence-corrected chi connectivity index (χ4v) is 2.21. The van der Waals surface area contributed by atoms with Gasteiger partial charge in [0, 0.05) is 12.6 Å². The van der Waals surface area contributed by atoms with Crippen LogP contribution in [0.4, 0.5) is 0 Å². The third-order valence-corrected chi connectivity index (χ3v) is 3.11. The second-order valence-corrected chi connectivity index (χ2v) is 4.42. The lowest BCUT2D eigenvalue weighted by atomic mass is 9.96. The van der Waals surface area contributed by atoms with Crippen molar-refractivity contribution in [3.05, 3.63) is 24.2 Å². The van der Waals surface area contributed by atoms with Crippen molar-refractivity contribution in [3.8, 4) is 0 Å². The SMILES string of the molecule is c1coc(COCCNC2CCCCC2)c1. The molecule has 0 aromatic carbocycles. The molecule has 1 heterocycles. The Balaban J connectivity index is 1.48. The van der Waals surface area contributed by atoms with Crippen molar-refractivity contribution in [1.29, 1.82) is 0 Å². The average molecular weight is 223 g/mol. The Morgan fingerprint density at radius 1 is 1.31 bits per heavy atom. The highest BCUT2D eigenvalue weighted by Gasteiger charge is 2.11. The van der Waals surface area contributed by atoms with E-state index < -0.39 is 0 Å². The van der Waals surface area contributed by atoms with Crippen molar-refractivity contribution in [1.82, 2.24) is 5.32 Å². The van der Waals surface area contributed by atoms with Crippen LogP contribution in [-0.4, -0.2) is 19.2 Å². The molecule has 0 bridgehead atoms. The molecule has 1 saturated carbocycles. The fourth-order valence-electron chi connectivity index (χ4n) is 2.21. The molecular formula is C13H21NO2. The first kappa shape index (κ1) is 11.7. The average Bonchev–Trinajstić information content (AvgIpc) is 2.83. The first-order valence-electron chi connectivity index (χ1n) is 6.28. The van der Waals surface area contributed by atoms with Gasteiger partial charge in [0.15, 0.2) is 0 Å². The Bertz CT molecular complexity index is 265. The molecular weight excluding hydrogens is 202 g/mol. The van der Waals surface area contributed by atoms with E-state index in [0.29, 0.717) is 6.61 Å². The molecule has 0 atom stereocenters. The predicted octanol–water partition coefficient (Wildman–Crippen LogP) is 2.72. The highest BCUT2D eigenvalue weighted by molar-refractivity contribution is 4.95. The monoisotopic (exact) mass is 223 g/mol. The van der Waals surface area contributed by atoms with Crippen LogP contribution in [0.15, 0.2) is 22.8 Å². The largest absolute Gasteiger partial charge is 0.467 e. The Morgan fingerprint density at radius 3 is 2.94 bits per heavy atom. The summed E-state index contributed by atoms with van der Waals surface area (Å²) in [7, 11) is 0. The molecule has 0 amide bonds. The van der Waals surface area contributed by atoms with Crippen molar-refractivity contribution < 1.29 is 9.15 Å². The van der Waals surface area contributed by atoms with Crippen LogP contribution >= 0.6 is 0 Å². The van der Waals surface area contributed by atoms with Crippen LogP contribution in [0.25, 0.3) is 0 Å². The molecule has 3 heteroatoms. The first-order chi connectivity index (χ1) is 7.95. The molecule has 1 aliphatic carbocycles. The van der Waals surface area contributed by atoms with Gasteiger partial charge in [-0.05, 0) is 25.0 Å². The zero-order valence-electron chi connectivity index (χ0n) is 9.78. The molecule has 0 aliphatic heterocycles. The van der Waals surface area contributed by atoms with Crippen molar-refractivity contribution in [2.45, 2.75) is 44.8 Å². The standard InChI is InChI=1S/C13H21NO2/c1-2-5-12(6-3-1)14-8-10-15-11-13-7-4-9-16-13/h4,7,9,12,14H,1-3,5-6,8,10-11H2. The number of hydrogen-bond donors (Lipinski definition) is 1. The molecule has 1 aromatic rings. The van der Waals surface area contributed by atoms with E-state index in [4.69, 9.17) is 9.15 Å². The molecule has 1 aromatic heterocycles. The van der Waals surface area contributed by atoms with Crippen LogP contribution in [0.5, 0.6) is 0 Å². The van der Waals surface area contributed by atoms with Gasteiger partial charge in [-0.3, -0.25) is 0 Å². The number of nitrogens with one attached hydrogen (secondary N) is 1. The Kier molecular flexibility index (Phi) is 4.90. The molecule has 1 aliphatic rings. The van der Waals surface area contributed by atoms with Gasteiger partial charge >= 0.3 is 0 Å². The van der Waals surface area contributed by atoms with Crippen LogP contribution in [0.3, 0.4) is 0 Å². The van der Waals surface area contributed by atoms with Crippen LogP contribution in [-0.2, 0) is 11.3 Å². The summed E-state index contributed by atoms with van der Waals surface area (Å²) in [4.78, 5) is 0. The minimum atomic E-state index is 0.583. The Hall–Kier alpha value is -0.800. The molecule has 2 rings (SSSR count). The summed E-state index contributed by atoms with van der Waals surface area (Å²) in [5, 5.41) is 3.55. The number of furan rings is 1. The number of rotatable bonds is 6. The zero-order valence-corrected chi connectivity index (χ0v) is 9.78. The van der Waals surface area contributed by atoms with Crippen molar-refractivity contribution in [3.63, 3.8) is 0 Å². The summed E-state index contributed by atoms with van der Waals surface area (Å²) in [5.41, 5.74) is 0. The van der Waals surface area contributed by atoms with E-state index in [0.717, 1.165) is 25.0 Å². The normalized spacial score (nSPS) is 17.8. The summed E-state index contributed by atoms with van der Waals surface area (Å²) >= 11 is 0. The van der Waals surface area contributed by atoms with E-state index in [2.05, 4.69) is 5.32 Å². The number of hydrogen-bond acceptors (Lipinski definition) is 3. The fraction of sp³-hybridized carbons (Fsp3) is 0.692. The molecule has 16 heavy (non-hydrogen) atoms. The van der Waals surface area contributed by atoms with Crippen LogP contribution < -0.4 is 5.32 Å². The minimum Gasteiger partial charge on any atom is -0.467 e. The maximum Gasteiger partial charge on any atom is 0.129 e. The third-order valence-electron chi connectivity index (χ3n) is 3.11. The molecule has 0 unspecified atom stereocenters. The summed E-state index contributed by atoms with van der Waals surface area (Å²) in [6.45, 7) is 2.29. The van der Waals surface area contributed by atoms with Crippen LogP contribution in [0.2, 0.25) is 0 Å². The van der Waals surface area contributed by atoms with E-state index in [9.17, 15) is 0 Å². The van der Waals surface area contributed by atoms with Crippen LogP contribution in [0.1, 0.15) is 37.9 Å². The Labute approximate surface area is 97.2 Å². The molecule has 1 fully saturated rings. The van der Waals surface area contributed by atoms with E-state index >= 15 is 0 Å². The summed E-state index contributed by atoms with van der Waals surface area (Å²) in [5.74, 6) is 0.901. The molecule has 3 nitrogen and oxygen atoms in total. The maximum atomic E-state index is 5.51. The van der Waals surface area contributed by atoms with Gasteiger partial charge in [0.25, 0.3) is 0 Å². The lowest BCUT2D eigenvalue weighted by Crippen LogP contribution is -2.33. The van der Waals surface area contributed by atoms with Gasteiger partial charge in [0.2, 0.25) is 0 Å². The quantitative estimate of drug-likeness (QED) is 0.753.